The Morgan fingerprint density at radius 1 is 1.38 bits per heavy atom. The highest BCUT2D eigenvalue weighted by atomic mass is 35.5. The molecule has 0 aliphatic rings. The van der Waals surface area contributed by atoms with Crippen molar-refractivity contribution < 1.29 is 0 Å². The standard InChI is InChI=1S/C14H18ClN/c1-3-4-5-6-9-16-11-13-7-8-14(15)10-12(13)2/h1,7-8,10,16H,4-6,9,11H2,2H3. The SMILES string of the molecule is C#CCCCCNCc1ccc(Cl)cc1C. The molecule has 0 aliphatic carbocycles. The molecule has 0 saturated heterocycles. The predicted molar refractivity (Wildman–Crippen MR) is 70.6 cm³/mol. The van der Waals surface area contributed by atoms with Crippen LogP contribution >= 0.6 is 11.6 Å². The summed E-state index contributed by atoms with van der Waals surface area (Å²) in [6.45, 7) is 4.00. The number of unbranched alkanes of at least 4 members (excludes halogenated alkanes) is 2. The van der Waals surface area contributed by atoms with E-state index in [2.05, 4.69) is 24.2 Å². The minimum absolute atomic E-state index is 0.801. The molecule has 1 rings (SSSR count). The van der Waals surface area contributed by atoms with E-state index in [1.807, 2.05) is 12.1 Å². The molecule has 86 valence electrons. The van der Waals surface area contributed by atoms with Crippen molar-refractivity contribution in [1.29, 1.82) is 0 Å². The molecule has 0 spiro atoms. The van der Waals surface area contributed by atoms with Gasteiger partial charge in [0.2, 0.25) is 0 Å². The molecule has 0 radical (unpaired) electrons. The Morgan fingerprint density at radius 3 is 2.88 bits per heavy atom. The van der Waals surface area contributed by atoms with E-state index >= 15 is 0 Å². The molecule has 0 bridgehead atoms. The van der Waals surface area contributed by atoms with E-state index in [9.17, 15) is 0 Å². The third-order valence-electron chi connectivity index (χ3n) is 2.54. The molecule has 0 aromatic heterocycles. The number of aryl methyl sites for hydroxylation is 1. The van der Waals surface area contributed by atoms with Crippen LogP contribution in [0.2, 0.25) is 5.02 Å². The number of hydrogen-bond donors (Lipinski definition) is 1. The number of terminal acetylenes is 1. The Hall–Kier alpha value is -0.970. The predicted octanol–water partition coefficient (Wildman–Crippen LogP) is 3.54. The van der Waals surface area contributed by atoms with E-state index in [1.165, 1.54) is 11.1 Å². The van der Waals surface area contributed by atoms with E-state index in [0.717, 1.165) is 37.4 Å². The zero-order valence-corrected chi connectivity index (χ0v) is 10.5. The first kappa shape index (κ1) is 13.1. The molecule has 0 fully saturated rings. The maximum Gasteiger partial charge on any atom is 0.0408 e. The number of halogens is 1. The van der Waals surface area contributed by atoms with Crippen molar-refractivity contribution in [3.05, 3.63) is 34.3 Å². The van der Waals surface area contributed by atoms with E-state index < -0.39 is 0 Å². The van der Waals surface area contributed by atoms with Gasteiger partial charge in [-0.05, 0) is 49.6 Å². The number of benzene rings is 1. The normalized spacial score (nSPS) is 10.1. The molecule has 1 nitrogen and oxygen atoms in total. The lowest BCUT2D eigenvalue weighted by Crippen LogP contribution is -2.15. The lowest BCUT2D eigenvalue weighted by molar-refractivity contribution is 0.628. The molecule has 0 atom stereocenters. The van der Waals surface area contributed by atoms with Gasteiger partial charge in [-0.1, -0.05) is 17.7 Å². The summed E-state index contributed by atoms with van der Waals surface area (Å²) in [6, 6.07) is 6.01. The van der Waals surface area contributed by atoms with Gasteiger partial charge in [-0.3, -0.25) is 0 Å². The van der Waals surface area contributed by atoms with Gasteiger partial charge in [0.25, 0.3) is 0 Å². The van der Waals surface area contributed by atoms with Crippen LogP contribution in [0, 0.1) is 19.3 Å². The molecule has 0 unspecified atom stereocenters. The van der Waals surface area contributed by atoms with Gasteiger partial charge in [0.1, 0.15) is 0 Å². The first-order chi connectivity index (χ1) is 7.74. The van der Waals surface area contributed by atoms with Gasteiger partial charge < -0.3 is 5.32 Å². The second kappa shape index (κ2) is 7.33. The van der Waals surface area contributed by atoms with Gasteiger partial charge in [-0.2, -0.15) is 0 Å². The fraction of sp³-hybridized carbons (Fsp3) is 0.429. The second-order valence-electron chi connectivity index (χ2n) is 3.91. The van der Waals surface area contributed by atoms with Crippen LogP contribution in [0.4, 0.5) is 0 Å². The van der Waals surface area contributed by atoms with Crippen LogP contribution in [0.25, 0.3) is 0 Å². The smallest absolute Gasteiger partial charge is 0.0408 e. The van der Waals surface area contributed by atoms with Crippen LogP contribution in [-0.2, 0) is 6.54 Å². The first-order valence-corrected chi connectivity index (χ1v) is 6.01. The summed E-state index contributed by atoms with van der Waals surface area (Å²) in [5.41, 5.74) is 2.55. The summed E-state index contributed by atoms with van der Waals surface area (Å²) >= 11 is 5.90. The van der Waals surface area contributed by atoms with Crippen molar-refractivity contribution in [1.82, 2.24) is 5.32 Å². The summed E-state index contributed by atoms with van der Waals surface area (Å²) in [5, 5.41) is 4.21. The third kappa shape index (κ3) is 4.70. The topological polar surface area (TPSA) is 12.0 Å². The highest BCUT2D eigenvalue weighted by molar-refractivity contribution is 6.30. The maximum absolute atomic E-state index is 5.90. The van der Waals surface area contributed by atoms with E-state index in [4.69, 9.17) is 18.0 Å². The Labute approximate surface area is 103 Å². The van der Waals surface area contributed by atoms with Crippen LogP contribution in [0.1, 0.15) is 30.4 Å². The Kier molecular flexibility index (Phi) is 6.00. The molecule has 1 aromatic rings. The van der Waals surface area contributed by atoms with Gasteiger partial charge in [0.15, 0.2) is 0 Å². The van der Waals surface area contributed by atoms with Crippen LogP contribution in [0.15, 0.2) is 18.2 Å². The summed E-state index contributed by atoms with van der Waals surface area (Å²) < 4.78 is 0. The highest BCUT2D eigenvalue weighted by Gasteiger charge is 1.98. The first-order valence-electron chi connectivity index (χ1n) is 5.63. The molecule has 16 heavy (non-hydrogen) atoms. The van der Waals surface area contributed by atoms with Gasteiger partial charge in [-0.25, -0.2) is 0 Å². The third-order valence-corrected chi connectivity index (χ3v) is 2.78. The zero-order valence-electron chi connectivity index (χ0n) is 9.72. The summed E-state index contributed by atoms with van der Waals surface area (Å²) in [5.74, 6) is 2.65. The van der Waals surface area contributed by atoms with Crippen molar-refractivity contribution >= 4 is 11.6 Å². The minimum Gasteiger partial charge on any atom is -0.313 e. The number of rotatable bonds is 6. The Balaban J connectivity index is 2.25. The van der Waals surface area contributed by atoms with Crippen molar-refractivity contribution in [3.8, 4) is 12.3 Å². The molecule has 0 amide bonds. The van der Waals surface area contributed by atoms with E-state index in [0.29, 0.717) is 0 Å². The Bertz CT molecular complexity index is 365. The largest absolute Gasteiger partial charge is 0.313 e. The van der Waals surface area contributed by atoms with Gasteiger partial charge in [-0.15, -0.1) is 12.3 Å². The van der Waals surface area contributed by atoms with E-state index in [-0.39, 0.29) is 0 Å². The minimum atomic E-state index is 0.801. The van der Waals surface area contributed by atoms with Crippen LogP contribution in [0.3, 0.4) is 0 Å². The monoisotopic (exact) mass is 235 g/mol. The van der Waals surface area contributed by atoms with Crippen LogP contribution in [-0.4, -0.2) is 6.54 Å². The average Bonchev–Trinajstić information content (AvgIpc) is 2.26. The molecular formula is C14H18ClN. The van der Waals surface area contributed by atoms with Gasteiger partial charge in [0.05, 0.1) is 0 Å². The summed E-state index contributed by atoms with van der Waals surface area (Å²) in [4.78, 5) is 0. The second-order valence-corrected chi connectivity index (χ2v) is 4.35. The Morgan fingerprint density at radius 2 is 2.19 bits per heavy atom. The lowest BCUT2D eigenvalue weighted by Gasteiger charge is -2.07. The fourth-order valence-electron chi connectivity index (χ4n) is 1.56. The van der Waals surface area contributed by atoms with Crippen LogP contribution in [0.5, 0.6) is 0 Å². The van der Waals surface area contributed by atoms with Crippen molar-refractivity contribution in [2.24, 2.45) is 0 Å². The highest BCUT2D eigenvalue weighted by Crippen LogP contribution is 2.14. The van der Waals surface area contributed by atoms with E-state index in [1.54, 1.807) is 0 Å². The molecule has 1 N–H and O–H groups in total. The average molecular weight is 236 g/mol. The van der Waals surface area contributed by atoms with Crippen molar-refractivity contribution in [2.75, 3.05) is 6.54 Å². The molecule has 0 aliphatic heterocycles. The van der Waals surface area contributed by atoms with Crippen LogP contribution < -0.4 is 5.32 Å². The fourth-order valence-corrected chi connectivity index (χ4v) is 1.78. The molecule has 2 heteroatoms. The zero-order chi connectivity index (χ0) is 11.8. The van der Waals surface area contributed by atoms with Crippen molar-refractivity contribution in [2.45, 2.75) is 32.7 Å². The number of nitrogens with one attached hydrogen (secondary N) is 1. The maximum atomic E-state index is 5.90. The van der Waals surface area contributed by atoms with Crippen molar-refractivity contribution in [3.63, 3.8) is 0 Å². The lowest BCUT2D eigenvalue weighted by atomic mass is 10.1. The molecule has 0 saturated carbocycles. The summed E-state index contributed by atoms with van der Waals surface area (Å²) in [7, 11) is 0. The molecule has 1 aromatic carbocycles. The number of hydrogen-bond acceptors (Lipinski definition) is 1. The summed E-state index contributed by atoms with van der Waals surface area (Å²) in [6.07, 6.45) is 8.30. The van der Waals surface area contributed by atoms with Gasteiger partial charge in [0, 0.05) is 18.0 Å². The molecular weight excluding hydrogens is 218 g/mol. The van der Waals surface area contributed by atoms with Gasteiger partial charge >= 0.3 is 0 Å². The molecule has 0 heterocycles. The quantitative estimate of drug-likeness (QED) is 0.588.